The molecule has 7 nitrogen and oxygen atoms in total. The number of halogens is 1. The minimum absolute atomic E-state index is 0.0466. The van der Waals surface area contributed by atoms with E-state index in [2.05, 4.69) is 5.32 Å². The molecule has 0 aromatic heterocycles. The maximum absolute atomic E-state index is 11.8. The summed E-state index contributed by atoms with van der Waals surface area (Å²) in [4.78, 5) is 21.8. The summed E-state index contributed by atoms with van der Waals surface area (Å²) in [6, 6.07) is 10.3. The van der Waals surface area contributed by atoms with Crippen LogP contribution in [0.4, 0.5) is 11.4 Å². The van der Waals surface area contributed by atoms with Crippen LogP contribution < -0.4 is 14.8 Å². The topological polar surface area (TPSA) is 90.7 Å². The average Bonchev–Trinajstić information content (AvgIpc) is 2.53. The molecule has 0 unspecified atom stereocenters. The number of non-ortho nitro benzene ring substituents is 1. The second kappa shape index (κ2) is 7.46. The van der Waals surface area contributed by atoms with Crippen molar-refractivity contribution in [3.8, 4) is 11.5 Å². The van der Waals surface area contributed by atoms with Crippen LogP contribution in [0.15, 0.2) is 42.5 Å². The number of nitro groups is 1. The number of amides is 1. The number of benzene rings is 2. The fourth-order valence-electron chi connectivity index (χ4n) is 1.75. The number of hydrogen-bond donors (Lipinski definition) is 1. The van der Waals surface area contributed by atoms with E-state index in [-0.39, 0.29) is 18.2 Å². The van der Waals surface area contributed by atoms with Crippen molar-refractivity contribution in [1.82, 2.24) is 0 Å². The number of hydrogen-bond acceptors (Lipinski definition) is 5. The summed E-state index contributed by atoms with van der Waals surface area (Å²) < 4.78 is 10.3. The normalized spacial score (nSPS) is 10.0. The number of carbonyl (C=O) groups excluding carboxylic acids is 1. The van der Waals surface area contributed by atoms with Gasteiger partial charge < -0.3 is 14.8 Å². The third-order valence-corrected chi connectivity index (χ3v) is 3.15. The molecule has 2 aromatic rings. The Bertz CT molecular complexity index is 718. The number of nitro benzene ring substituents is 1. The van der Waals surface area contributed by atoms with Gasteiger partial charge in [-0.1, -0.05) is 11.6 Å². The third-order valence-electron chi connectivity index (χ3n) is 2.85. The Hall–Kier alpha value is -2.80. The average molecular weight is 337 g/mol. The van der Waals surface area contributed by atoms with Gasteiger partial charge in [-0.2, -0.15) is 0 Å². The van der Waals surface area contributed by atoms with Crippen LogP contribution in [0.5, 0.6) is 11.5 Å². The summed E-state index contributed by atoms with van der Waals surface area (Å²) in [5, 5.41) is 13.5. The number of rotatable bonds is 6. The van der Waals surface area contributed by atoms with Crippen molar-refractivity contribution in [2.45, 2.75) is 0 Å². The summed E-state index contributed by atoms with van der Waals surface area (Å²) >= 11 is 5.96. The number of carbonyl (C=O) groups is 1. The third kappa shape index (κ3) is 4.58. The Balaban J connectivity index is 1.89. The second-order valence-electron chi connectivity index (χ2n) is 4.44. The zero-order valence-corrected chi connectivity index (χ0v) is 12.9. The highest BCUT2D eigenvalue weighted by Crippen LogP contribution is 2.27. The largest absolute Gasteiger partial charge is 0.495 e. The zero-order valence-electron chi connectivity index (χ0n) is 12.1. The van der Waals surface area contributed by atoms with Crippen molar-refractivity contribution in [3.05, 3.63) is 57.6 Å². The van der Waals surface area contributed by atoms with Gasteiger partial charge in [-0.05, 0) is 30.3 Å². The smallest absolute Gasteiger partial charge is 0.269 e. The number of nitrogens with one attached hydrogen (secondary N) is 1. The number of anilines is 1. The lowest BCUT2D eigenvalue weighted by Crippen LogP contribution is -2.20. The van der Waals surface area contributed by atoms with Gasteiger partial charge in [0.2, 0.25) is 0 Å². The van der Waals surface area contributed by atoms with Crippen LogP contribution in [0.1, 0.15) is 0 Å². The van der Waals surface area contributed by atoms with Crippen molar-refractivity contribution in [2.24, 2.45) is 0 Å². The van der Waals surface area contributed by atoms with Crippen LogP contribution in [-0.2, 0) is 4.79 Å². The van der Waals surface area contributed by atoms with E-state index in [1.165, 1.54) is 31.4 Å². The molecule has 0 aliphatic heterocycles. The summed E-state index contributed by atoms with van der Waals surface area (Å²) in [6.07, 6.45) is 0. The van der Waals surface area contributed by atoms with Crippen molar-refractivity contribution >= 4 is 28.9 Å². The van der Waals surface area contributed by atoms with Crippen LogP contribution in [0.3, 0.4) is 0 Å². The first-order valence-electron chi connectivity index (χ1n) is 6.50. The van der Waals surface area contributed by atoms with Gasteiger partial charge in [0.15, 0.2) is 6.61 Å². The van der Waals surface area contributed by atoms with Gasteiger partial charge in [0.05, 0.1) is 17.1 Å². The predicted octanol–water partition coefficient (Wildman–Crippen LogP) is 3.27. The van der Waals surface area contributed by atoms with E-state index in [0.717, 1.165) is 0 Å². The van der Waals surface area contributed by atoms with E-state index in [9.17, 15) is 14.9 Å². The Morgan fingerprint density at radius 2 is 1.96 bits per heavy atom. The highest BCUT2D eigenvalue weighted by atomic mass is 35.5. The Labute approximate surface area is 136 Å². The van der Waals surface area contributed by atoms with E-state index in [1.807, 2.05) is 0 Å². The van der Waals surface area contributed by atoms with Crippen molar-refractivity contribution in [3.63, 3.8) is 0 Å². The molecule has 0 fully saturated rings. The fraction of sp³-hybridized carbons (Fsp3) is 0.133. The maximum atomic E-state index is 11.8. The molecule has 0 spiro atoms. The molecule has 1 N–H and O–H groups in total. The van der Waals surface area contributed by atoms with Gasteiger partial charge in [-0.15, -0.1) is 0 Å². The molecule has 0 heterocycles. The summed E-state index contributed by atoms with van der Waals surface area (Å²) in [5.41, 5.74) is 0.461. The lowest BCUT2D eigenvalue weighted by Gasteiger charge is -2.09. The number of ether oxygens (including phenoxy) is 2. The summed E-state index contributed by atoms with van der Waals surface area (Å²) in [5.74, 6) is 0.481. The highest BCUT2D eigenvalue weighted by Gasteiger charge is 2.08. The lowest BCUT2D eigenvalue weighted by atomic mass is 10.3. The molecular formula is C15H13ClN2O5. The van der Waals surface area contributed by atoms with Crippen LogP contribution in [-0.4, -0.2) is 24.5 Å². The molecule has 120 valence electrons. The lowest BCUT2D eigenvalue weighted by molar-refractivity contribution is -0.384. The Kier molecular flexibility index (Phi) is 5.37. The maximum Gasteiger partial charge on any atom is 0.269 e. The predicted molar refractivity (Wildman–Crippen MR) is 85.2 cm³/mol. The van der Waals surface area contributed by atoms with Gasteiger partial charge in [-0.25, -0.2) is 0 Å². The minimum Gasteiger partial charge on any atom is -0.495 e. The van der Waals surface area contributed by atoms with Gasteiger partial charge in [0, 0.05) is 17.8 Å². The van der Waals surface area contributed by atoms with E-state index in [0.29, 0.717) is 22.2 Å². The minimum atomic E-state index is -0.510. The SMILES string of the molecule is COc1ccc(NC(=O)COc2ccc([N+](=O)[O-])cc2)cc1Cl. The number of methoxy groups -OCH3 is 1. The molecule has 2 rings (SSSR count). The molecule has 0 bridgehead atoms. The van der Waals surface area contributed by atoms with Gasteiger partial charge in [0.25, 0.3) is 11.6 Å². The van der Waals surface area contributed by atoms with E-state index in [4.69, 9.17) is 21.1 Å². The summed E-state index contributed by atoms with van der Waals surface area (Å²) in [7, 11) is 1.50. The molecule has 1 amide bonds. The van der Waals surface area contributed by atoms with Crippen molar-refractivity contribution in [2.75, 3.05) is 19.0 Å². The van der Waals surface area contributed by atoms with Crippen LogP contribution in [0.2, 0.25) is 5.02 Å². The molecule has 0 saturated heterocycles. The molecule has 0 aliphatic rings. The molecule has 0 radical (unpaired) electrons. The molecular weight excluding hydrogens is 324 g/mol. The van der Waals surface area contributed by atoms with Gasteiger partial charge in [0.1, 0.15) is 11.5 Å². The Morgan fingerprint density at radius 1 is 1.26 bits per heavy atom. The first-order valence-corrected chi connectivity index (χ1v) is 6.88. The van der Waals surface area contributed by atoms with Crippen LogP contribution in [0.25, 0.3) is 0 Å². The Morgan fingerprint density at radius 3 is 2.52 bits per heavy atom. The molecule has 8 heteroatoms. The first kappa shape index (κ1) is 16.6. The fourth-order valence-corrected chi connectivity index (χ4v) is 2.01. The molecule has 0 aliphatic carbocycles. The van der Waals surface area contributed by atoms with E-state index >= 15 is 0 Å². The summed E-state index contributed by atoms with van der Waals surface area (Å²) in [6.45, 7) is -0.235. The van der Waals surface area contributed by atoms with Gasteiger partial charge in [-0.3, -0.25) is 14.9 Å². The van der Waals surface area contributed by atoms with Gasteiger partial charge >= 0.3 is 0 Å². The standard InChI is InChI=1S/C15H13ClN2O5/c1-22-14-7-2-10(8-13(14)16)17-15(19)9-23-12-5-3-11(4-6-12)18(20)21/h2-8H,9H2,1H3,(H,17,19). The van der Waals surface area contributed by atoms with Crippen LogP contribution in [0, 0.1) is 10.1 Å². The van der Waals surface area contributed by atoms with E-state index in [1.54, 1.807) is 18.2 Å². The van der Waals surface area contributed by atoms with Crippen LogP contribution >= 0.6 is 11.6 Å². The van der Waals surface area contributed by atoms with Crippen molar-refractivity contribution < 1.29 is 19.2 Å². The second-order valence-corrected chi connectivity index (χ2v) is 4.84. The molecule has 0 atom stereocenters. The molecule has 23 heavy (non-hydrogen) atoms. The molecule has 0 saturated carbocycles. The monoisotopic (exact) mass is 336 g/mol. The first-order chi connectivity index (χ1) is 11.0. The number of nitrogens with zero attached hydrogens (tertiary/aromatic N) is 1. The quantitative estimate of drug-likeness (QED) is 0.645. The van der Waals surface area contributed by atoms with Crippen molar-refractivity contribution in [1.29, 1.82) is 0 Å². The zero-order chi connectivity index (χ0) is 16.8. The van der Waals surface area contributed by atoms with E-state index < -0.39 is 4.92 Å². The highest BCUT2D eigenvalue weighted by molar-refractivity contribution is 6.32. The molecule has 2 aromatic carbocycles.